The predicted octanol–water partition coefficient (Wildman–Crippen LogP) is 0.362. The van der Waals surface area contributed by atoms with Gasteiger partial charge in [0.2, 0.25) is 0 Å². The first-order valence-electron chi connectivity index (χ1n) is 4.28. The highest BCUT2D eigenvalue weighted by atomic mass is 16.4. The van der Waals surface area contributed by atoms with E-state index in [0.29, 0.717) is 6.42 Å². The quantitative estimate of drug-likeness (QED) is 0.543. The molecule has 0 rings (SSSR count). The number of hydrogen-bond acceptors (Lipinski definition) is 3. The Labute approximate surface area is 78.1 Å². The number of nitrogens with two attached hydrogens (primary N) is 1. The topological polar surface area (TPSA) is 83.5 Å². The van der Waals surface area contributed by atoms with E-state index in [1.807, 2.05) is 19.1 Å². The summed E-state index contributed by atoms with van der Waals surface area (Å²) in [5.41, 5.74) is 5.26. The largest absolute Gasteiger partial charge is 0.480 e. The Hall–Kier alpha value is -0.870. The lowest BCUT2D eigenvalue weighted by atomic mass is 9.95. The third kappa shape index (κ3) is 4.05. The summed E-state index contributed by atoms with van der Waals surface area (Å²) in [7, 11) is 0. The Bertz CT molecular complexity index is 191. The molecule has 0 heterocycles. The van der Waals surface area contributed by atoms with Crippen LogP contribution in [0.5, 0.6) is 0 Å². The molecular formula is C9H17NO3. The maximum absolute atomic E-state index is 10.4. The fraction of sp³-hybridized carbons (Fsp3) is 0.667. The first-order valence-corrected chi connectivity index (χ1v) is 4.28. The molecule has 0 aromatic heterocycles. The molecule has 0 spiro atoms. The second-order valence-electron chi connectivity index (χ2n) is 3.14. The van der Waals surface area contributed by atoms with E-state index in [4.69, 9.17) is 10.8 Å². The molecule has 13 heavy (non-hydrogen) atoms. The Balaban J connectivity index is 4.08. The van der Waals surface area contributed by atoms with Gasteiger partial charge in [-0.3, -0.25) is 4.79 Å². The number of hydrogen-bond donors (Lipinski definition) is 3. The highest BCUT2D eigenvalue weighted by Crippen LogP contribution is 2.11. The zero-order valence-electron chi connectivity index (χ0n) is 7.97. The number of aliphatic hydroxyl groups is 1. The average molecular weight is 187 g/mol. The maximum atomic E-state index is 10.4. The standard InChI is InChI=1S/C9H17NO3/c1-3-4-5-6(2)8(11)7(10)9(12)13/h3-4,6-8,11H,5,10H2,1-2H3,(H,12,13)/b4-3+/t6-,7-,8+/m1/s1. The van der Waals surface area contributed by atoms with Crippen LogP contribution in [0.15, 0.2) is 12.2 Å². The van der Waals surface area contributed by atoms with Crippen LogP contribution in [0.2, 0.25) is 0 Å². The number of aliphatic hydroxyl groups excluding tert-OH is 1. The number of carboxylic acids is 1. The zero-order valence-corrected chi connectivity index (χ0v) is 7.97. The van der Waals surface area contributed by atoms with Crippen LogP contribution in [0.25, 0.3) is 0 Å². The van der Waals surface area contributed by atoms with Crippen LogP contribution < -0.4 is 5.73 Å². The summed E-state index contributed by atoms with van der Waals surface area (Å²) in [4.78, 5) is 10.4. The van der Waals surface area contributed by atoms with Gasteiger partial charge in [-0.15, -0.1) is 0 Å². The van der Waals surface area contributed by atoms with Gasteiger partial charge in [0.25, 0.3) is 0 Å². The maximum Gasteiger partial charge on any atom is 0.323 e. The van der Waals surface area contributed by atoms with Crippen LogP contribution >= 0.6 is 0 Å². The van der Waals surface area contributed by atoms with Crippen LogP contribution in [0.1, 0.15) is 20.3 Å². The Morgan fingerprint density at radius 2 is 2.15 bits per heavy atom. The van der Waals surface area contributed by atoms with Crippen molar-refractivity contribution in [2.75, 3.05) is 0 Å². The molecule has 0 bridgehead atoms. The van der Waals surface area contributed by atoms with Crippen LogP contribution in [0, 0.1) is 5.92 Å². The normalized spacial score (nSPS) is 18.5. The van der Waals surface area contributed by atoms with Crippen LogP contribution in [-0.4, -0.2) is 28.3 Å². The Kier molecular flexibility index (Phi) is 5.34. The lowest BCUT2D eigenvalue weighted by molar-refractivity contribution is -0.142. The van der Waals surface area contributed by atoms with Crippen molar-refractivity contribution < 1.29 is 15.0 Å². The molecule has 0 aromatic rings. The summed E-state index contributed by atoms with van der Waals surface area (Å²) < 4.78 is 0. The third-order valence-corrected chi connectivity index (χ3v) is 1.98. The first-order chi connectivity index (χ1) is 6.00. The lowest BCUT2D eigenvalue weighted by Gasteiger charge is -2.20. The van der Waals surface area contributed by atoms with E-state index in [0.717, 1.165) is 0 Å². The van der Waals surface area contributed by atoms with E-state index >= 15 is 0 Å². The van der Waals surface area contributed by atoms with Gasteiger partial charge in [0.1, 0.15) is 6.04 Å². The Morgan fingerprint density at radius 1 is 1.62 bits per heavy atom. The van der Waals surface area contributed by atoms with Crippen molar-refractivity contribution >= 4 is 5.97 Å². The number of carboxylic acid groups (broad SMARTS) is 1. The second kappa shape index (κ2) is 5.72. The molecule has 0 aliphatic carbocycles. The minimum Gasteiger partial charge on any atom is -0.480 e. The molecule has 0 fully saturated rings. The summed E-state index contributed by atoms with van der Waals surface area (Å²) in [5.74, 6) is -1.30. The number of rotatable bonds is 5. The second-order valence-corrected chi connectivity index (χ2v) is 3.14. The van der Waals surface area contributed by atoms with Crippen molar-refractivity contribution in [2.24, 2.45) is 11.7 Å². The fourth-order valence-electron chi connectivity index (χ4n) is 0.990. The molecule has 0 aromatic carbocycles. The molecule has 0 amide bonds. The van der Waals surface area contributed by atoms with E-state index in [1.54, 1.807) is 6.92 Å². The number of carbonyl (C=O) groups is 1. The molecule has 4 N–H and O–H groups in total. The summed E-state index contributed by atoms with van der Waals surface area (Å²) in [6.45, 7) is 3.64. The van der Waals surface area contributed by atoms with Gasteiger partial charge in [-0.2, -0.15) is 0 Å². The van der Waals surface area contributed by atoms with E-state index in [-0.39, 0.29) is 5.92 Å². The van der Waals surface area contributed by atoms with Gasteiger partial charge in [-0.25, -0.2) is 0 Å². The third-order valence-electron chi connectivity index (χ3n) is 1.98. The van der Waals surface area contributed by atoms with Gasteiger partial charge < -0.3 is 15.9 Å². The van der Waals surface area contributed by atoms with Gasteiger partial charge >= 0.3 is 5.97 Å². The van der Waals surface area contributed by atoms with Crippen molar-refractivity contribution in [1.82, 2.24) is 0 Å². The fourth-order valence-corrected chi connectivity index (χ4v) is 0.990. The van der Waals surface area contributed by atoms with Crippen molar-refractivity contribution in [2.45, 2.75) is 32.4 Å². The molecule has 0 saturated carbocycles. The SMILES string of the molecule is C/C=C/C[C@@H](C)[C@H](O)[C@@H](N)C(=O)O. The smallest absolute Gasteiger partial charge is 0.323 e. The zero-order chi connectivity index (χ0) is 10.4. The van der Waals surface area contributed by atoms with Crippen molar-refractivity contribution in [3.8, 4) is 0 Å². The lowest BCUT2D eigenvalue weighted by Crippen LogP contribution is -2.45. The van der Waals surface area contributed by atoms with Crippen molar-refractivity contribution in [3.05, 3.63) is 12.2 Å². The van der Waals surface area contributed by atoms with Gasteiger partial charge in [0, 0.05) is 0 Å². The summed E-state index contributed by atoms with van der Waals surface area (Å²) in [5, 5.41) is 18.0. The van der Waals surface area contributed by atoms with Crippen molar-refractivity contribution in [3.63, 3.8) is 0 Å². The average Bonchev–Trinajstić information content (AvgIpc) is 2.11. The molecule has 0 radical (unpaired) electrons. The molecule has 0 unspecified atom stereocenters. The van der Waals surface area contributed by atoms with Crippen LogP contribution in [0.4, 0.5) is 0 Å². The van der Waals surface area contributed by atoms with E-state index in [9.17, 15) is 9.90 Å². The molecule has 0 saturated heterocycles. The molecule has 0 aliphatic rings. The summed E-state index contributed by atoms with van der Waals surface area (Å²) >= 11 is 0. The molecule has 4 nitrogen and oxygen atoms in total. The number of aliphatic carboxylic acids is 1. The van der Waals surface area contributed by atoms with E-state index in [1.165, 1.54) is 0 Å². The van der Waals surface area contributed by atoms with Crippen LogP contribution in [0.3, 0.4) is 0 Å². The monoisotopic (exact) mass is 187 g/mol. The van der Waals surface area contributed by atoms with Gasteiger partial charge in [-0.05, 0) is 19.3 Å². The molecule has 3 atom stereocenters. The first kappa shape index (κ1) is 12.1. The highest BCUT2D eigenvalue weighted by Gasteiger charge is 2.26. The van der Waals surface area contributed by atoms with Crippen molar-refractivity contribution in [1.29, 1.82) is 0 Å². The predicted molar refractivity (Wildman–Crippen MR) is 50.2 cm³/mol. The number of allylic oxidation sites excluding steroid dienone is 2. The van der Waals surface area contributed by atoms with Gasteiger partial charge in [0.15, 0.2) is 0 Å². The van der Waals surface area contributed by atoms with Gasteiger partial charge in [-0.1, -0.05) is 19.1 Å². The highest BCUT2D eigenvalue weighted by molar-refractivity contribution is 5.73. The molecular weight excluding hydrogens is 170 g/mol. The Morgan fingerprint density at radius 3 is 2.54 bits per heavy atom. The minimum atomic E-state index is -1.19. The molecule has 0 aliphatic heterocycles. The van der Waals surface area contributed by atoms with E-state index < -0.39 is 18.1 Å². The minimum absolute atomic E-state index is 0.137. The van der Waals surface area contributed by atoms with Gasteiger partial charge in [0.05, 0.1) is 6.10 Å². The molecule has 76 valence electrons. The summed E-state index contributed by atoms with van der Waals surface area (Å²) in [6.07, 6.45) is 3.38. The van der Waals surface area contributed by atoms with Crippen LogP contribution in [-0.2, 0) is 4.79 Å². The summed E-state index contributed by atoms with van der Waals surface area (Å²) in [6, 6.07) is -1.19. The van der Waals surface area contributed by atoms with E-state index in [2.05, 4.69) is 0 Å². The molecule has 4 heteroatoms.